The highest BCUT2D eigenvalue weighted by Gasteiger charge is 2.13. The SMILES string of the molecule is COc1ccc(C)cc1C(=O)Nc1ccc(Br)c(F)c1. The number of rotatable bonds is 3. The highest BCUT2D eigenvalue weighted by Crippen LogP contribution is 2.23. The summed E-state index contributed by atoms with van der Waals surface area (Å²) < 4.78 is 18.9. The minimum atomic E-state index is -0.431. The van der Waals surface area contributed by atoms with Crippen LogP contribution in [0.5, 0.6) is 5.75 Å². The smallest absolute Gasteiger partial charge is 0.259 e. The molecule has 0 saturated heterocycles. The third kappa shape index (κ3) is 3.17. The number of nitrogens with one attached hydrogen (secondary N) is 1. The zero-order valence-corrected chi connectivity index (χ0v) is 12.6. The van der Waals surface area contributed by atoms with E-state index in [-0.39, 0.29) is 5.91 Å². The topological polar surface area (TPSA) is 38.3 Å². The molecule has 2 aromatic rings. The van der Waals surface area contributed by atoms with Crippen molar-refractivity contribution in [3.05, 3.63) is 57.8 Å². The maximum absolute atomic E-state index is 13.4. The van der Waals surface area contributed by atoms with Crippen LogP contribution in [-0.4, -0.2) is 13.0 Å². The number of aryl methyl sites for hydroxylation is 1. The fourth-order valence-electron chi connectivity index (χ4n) is 1.77. The summed E-state index contributed by atoms with van der Waals surface area (Å²) in [6.45, 7) is 1.88. The van der Waals surface area contributed by atoms with Crippen molar-refractivity contribution in [1.82, 2.24) is 0 Å². The van der Waals surface area contributed by atoms with Crippen LogP contribution in [0, 0.1) is 12.7 Å². The van der Waals surface area contributed by atoms with E-state index in [1.807, 2.05) is 13.0 Å². The lowest BCUT2D eigenvalue weighted by atomic mass is 10.1. The average molecular weight is 338 g/mol. The van der Waals surface area contributed by atoms with Gasteiger partial charge >= 0.3 is 0 Å². The van der Waals surface area contributed by atoms with Gasteiger partial charge in [0.25, 0.3) is 5.91 Å². The van der Waals surface area contributed by atoms with Gasteiger partial charge in [-0.2, -0.15) is 0 Å². The maximum Gasteiger partial charge on any atom is 0.259 e. The highest BCUT2D eigenvalue weighted by atomic mass is 79.9. The molecule has 0 heterocycles. The third-order valence-electron chi connectivity index (χ3n) is 2.78. The standard InChI is InChI=1S/C15H13BrFNO2/c1-9-3-6-14(20-2)11(7-9)15(19)18-10-4-5-12(16)13(17)8-10/h3-8H,1-2H3,(H,18,19). The summed E-state index contributed by atoms with van der Waals surface area (Å²) >= 11 is 3.07. The maximum atomic E-state index is 13.4. The lowest BCUT2D eigenvalue weighted by Gasteiger charge is -2.10. The number of ether oxygens (including phenoxy) is 1. The summed E-state index contributed by atoms with van der Waals surface area (Å²) in [7, 11) is 1.50. The second kappa shape index (κ2) is 6.05. The largest absolute Gasteiger partial charge is 0.496 e. The number of carbonyl (C=O) groups excluding carboxylic acids is 1. The molecule has 20 heavy (non-hydrogen) atoms. The molecule has 0 bridgehead atoms. The molecule has 3 nitrogen and oxygen atoms in total. The van der Waals surface area contributed by atoms with E-state index in [1.54, 1.807) is 24.3 Å². The van der Waals surface area contributed by atoms with Gasteiger partial charge in [0.1, 0.15) is 11.6 Å². The number of benzene rings is 2. The van der Waals surface area contributed by atoms with Gasteiger partial charge < -0.3 is 10.1 Å². The van der Waals surface area contributed by atoms with Crippen molar-refractivity contribution in [2.24, 2.45) is 0 Å². The van der Waals surface area contributed by atoms with Crippen molar-refractivity contribution in [2.75, 3.05) is 12.4 Å². The van der Waals surface area contributed by atoms with E-state index in [0.717, 1.165) is 5.56 Å². The van der Waals surface area contributed by atoms with Crippen LogP contribution in [0.3, 0.4) is 0 Å². The Morgan fingerprint density at radius 1 is 1.25 bits per heavy atom. The van der Waals surface area contributed by atoms with Gasteiger partial charge in [0, 0.05) is 5.69 Å². The van der Waals surface area contributed by atoms with E-state index < -0.39 is 5.82 Å². The van der Waals surface area contributed by atoms with Crippen LogP contribution in [0.4, 0.5) is 10.1 Å². The first-order valence-electron chi connectivity index (χ1n) is 5.92. The molecule has 0 unspecified atom stereocenters. The van der Waals surface area contributed by atoms with Crippen molar-refractivity contribution < 1.29 is 13.9 Å². The number of methoxy groups -OCH3 is 1. The molecule has 0 aliphatic rings. The molecule has 0 radical (unpaired) electrons. The summed E-state index contributed by atoms with van der Waals surface area (Å²) in [5.41, 5.74) is 1.74. The zero-order valence-electron chi connectivity index (χ0n) is 11.0. The number of carbonyl (C=O) groups is 1. The first-order valence-corrected chi connectivity index (χ1v) is 6.71. The number of anilines is 1. The molecule has 0 aromatic heterocycles. The summed E-state index contributed by atoms with van der Waals surface area (Å²) in [6, 6.07) is 9.72. The van der Waals surface area contributed by atoms with Gasteiger partial charge in [0.2, 0.25) is 0 Å². The molecule has 2 aromatic carbocycles. The third-order valence-corrected chi connectivity index (χ3v) is 3.42. The Labute approximate surface area is 124 Å². The fourth-order valence-corrected chi connectivity index (χ4v) is 2.02. The monoisotopic (exact) mass is 337 g/mol. The van der Waals surface area contributed by atoms with Gasteiger partial charge in [-0.3, -0.25) is 4.79 Å². The summed E-state index contributed by atoms with van der Waals surface area (Å²) in [5.74, 6) is -0.294. The first kappa shape index (κ1) is 14.5. The highest BCUT2D eigenvalue weighted by molar-refractivity contribution is 9.10. The molecular formula is C15H13BrFNO2. The van der Waals surface area contributed by atoms with Crippen molar-refractivity contribution >= 4 is 27.5 Å². The van der Waals surface area contributed by atoms with Crippen molar-refractivity contribution in [3.63, 3.8) is 0 Å². The molecule has 0 spiro atoms. The Hall–Kier alpha value is -1.88. The Kier molecular flexibility index (Phi) is 4.39. The molecular weight excluding hydrogens is 325 g/mol. The molecule has 0 saturated carbocycles. The van der Waals surface area contributed by atoms with Crippen LogP contribution in [0.1, 0.15) is 15.9 Å². The Balaban J connectivity index is 2.27. The van der Waals surface area contributed by atoms with Crippen LogP contribution in [0.2, 0.25) is 0 Å². The van der Waals surface area contributed by atoms with Gasteiger partial charge in [-0.1, -0.05) is 11.6 Å². The molecule has 1 amide bonds. The minimum absolute atomic E-state index is 0.340. The second-order valence-corrected chi connectivity index (χ2v) is 5.14. The molecule has 0 atom stereocenters. The summed E-state index contributed by atoms with van der Waals surface area (Å²) in [6.07, 6.45) is 0. The van der Waals surface area contributed by atoms with E-state index in [1.165, 1.54) is 13.2 Å². The first-order chi connectivity index (χ1) is 9.51. The number of hydrogen-bond donors (Lipinski definition) is 1. The number of amides is 1. The lowest BCUT2D eigenvalue weighted by Crippen LogP contribution is -2.13. The minimum Gasteiger partial charge on any atom is -0.496 e. The molecule has 2 rings (SSSR count). The van der Waals surface area contributed by atoms with E-state index in [2.05, 4.69) is 21.2 Å². The van der Waals surface area contributed by atoms with Crippen LogP contribution in [-0.2, 0) is 0 Å². The van der Waals surface area contributed by atoms with Gasteiger partial charge in [-0.15, -0.1) is 0 Å². The predicted molar refractivity (Wildman–Crippen MR) is 79.8 cm³/mol. The molecule has 1 N–H and O–H groups in total. The fraction of sp³-hybridized carbons (Fsp3) is 0.133. The average Bonchev–Trinajstić information content (AvgIpc) is 2.43. The summed E-state index contributed by atoms with van der Waals surface area (Å²) in [5, 5.41) is 2.65. The molecule has 0 aliphatic carbocycles. The van der Waals surface area contributed by atoms with E-state index in [0.29, 0.717) is 21.5 Å². The molecule has 0 aliphatic heterocycles. The van der Waals surface area contributed by atoms with Gasteiger partial charge in [0.05, 0.1) is 17.1 Å². The van der Waals surface area contributed by atoms with Crippen molar-refractivity contribution in [2.45, 2.75) is 6.92 Å². The van der Waals surface area contributed by atoms with Crippen molar-refractivity contribution in [3.8, 4) is 5.75 Å². The van der Waals surface area contributed by atoms with E-state index >= 15 is 0 Å². The number of hydrogen-bond acceptors (Lipinski definition) is 2. The van der Waals surface area contributed by atoms with Crippen LogP contribution >= 0.6 is 15.9 Å². The lowest BCUT2D eigenvalue weighted by molar-refractivity contribution is 0.102. The molecule has 0 fully saturated rings. The Morgan fingerprint density at radius 2 is 2.00 bits per heavy atom. The van der Waals surface area contributed by atoms with Gasteiger partial charge in [-0.25, -0.2) is 4.39 Å². The second-order valence-electron chi connectivity index (χ2n) is 4.29. The van der Waals surface area contributed by atoms with E-state index in [9.17, 15) is 9.18 Å². The van der Waals surface area contributed by atoms with Crippen molar-refractivity contribution in [1.29, 1.82) is 0 Å². The van der Waals surface area contributed by atoms with Crippen LogP contribution < -0.4 is 10.1 Å². The quantitative estimate of drug-likeness (QED) is 0.913. The van der Waals surface area contributed by atoms with Crippen LogP contribution in [0.15, 0.2) is 40.9 Å². The number of halogens is 2. The Morgan fingerprint density at radius 3 is 2.65 bits per heavy atom. The summed E-state index contributed by atoms with van der Waals surface area (Å²) in [4.78, 5) is 12.2. The van der Waals surface area contributed by atoms with Gasteiger partial charge in [-0.05, 0) is 53.2 Å². The predicted octanol–water partition coefficient (Wildman–Crippen LogP) is 4.16. The van der Waals surface area contributed by atoms with Crippen LogP contribution in [0.25, 0.3) is 0 Å². The Bertz CT molecular complexity index is 658. The normalized spacial score (nSPS) is 10.2. The van der Waals surface area contributed by atoms with E-state index in [4.69, 9.17) is 4.74 Å². The van der Waals surface area contributed by atoms with Gasteiger partial charge in [0.15, 0.2) is 0 Å². The zero-order chi connectivity index (χ0) is 14.7. The molecule has 104 valence electrons. The molecule has 5 heteroatoms.